The Labute approximate surface area is 212 Å². The van der Waals surface area contributed by atoms with Crippen LogP contribution >= 0.6 is 7.80 Å². The molecule has 0 saturated heterocycles. The van der Waals surface area contributed by atoms with Crippen molar-refractivity contribution in [2.75, 3.05) is 21.3 Å². The molecule has 0 bridgehead atoms. The number of benzene rings is 3. The van der Waals surface area contributed by atoms with E-state index in [1.54, 1.807) is 0 Å². The van der Waals surface area contributed by atoms with Gasteiger partial charge < -0.3 is 14.2 Å². The molecule has 0 aliphatic carbocycles. The maximum atomic E-state index is 14.3. The lowest BCUT2D eigenvalue weighted by Gasteiger charge is -2.17. The van der Waals surface area contributed by atoms with Crippen LogP contribution in [-0.2, 0) is 16.9 Å². The molecule has 0 amide bonds. The van der Waals surface area contributed by atoms with Gasteiger partial charge in [-0.05, 0) is 12.1 Å². The number of hydrogen-bond donors (Lipinski definition) is 0. The molecule has 0 aliphatic rings. The third-order valence-electron chi connectivity index (χ3n) is 5.36. The second kappa shape index (κ2) is 10.8. The number of rotatable bonds is 8. The molecule has 0 aromatic heterocycles. The number of ketones is 1. The van der Waals surface area contributed by atoms with Crippen molar-refractivity contribution in [3.63, 3.8) is 0 Å². The molecule has 1 atom stereocenters. The molecule has 0 heterocycles. The predicted octanol–water partition coefficient (Wildman–Crippen LogP) is 6.27. The second-order valence-electron chi connectivity index (χ2n) is 7.58. The summed E-state index contributed by atoms with van der Waals surface area (Å²) in [5, 5.41) is -1.87. The lowest BCUT2D eigenvalue weighted by Crippen LogP contribution is -2.30. The molecule has 13 heteroatoms. The zero-order valence-corrected chi connectivity index (χ0v) is 20.8. The average Bonchev–Trinajstić information content (AvgIpc) is 2.89. The Morgan fingerprint density at radius 3 is 1.76 bits per heavy atom. The Morgan fingerprint density at radius 1 is 0.763 bits per heavy atom. The average molecular weight is 559 g/mol. The van der Waals surface area contributed by atoms with Gasteiger partial charge in [0, 0.05) is 23.3 Å². The van der Waals surface area contributed by atoms with E-state index >= 15 is 0 Å². The molecular weight excluding hydrogens is 541 g/mol. The summed E-state index contributed by atoms with van der Waals surface area (Å²) >= 11 is 0. The smallest absolute Gasteiger partial charge is 0.460 e. The predicted molar refractivity (Wildman–Crippen MR) is 124 cm³/mol. The fourth-order valence-corrected chi connectivity index (χ4v) is 5.17. The van der Waals surface area contributed by atoms with E-state index in [1.807, 2.05) is 0 Å². The molecule has 3 rings (SSSR count). The van der Waals surface area contributed by atoms with Gasteiger partial charge in [-0.1, -0.05) is 34.9 Å². The van der Waals surface area contributed by atoms with Gasteiger partial charge in [0.2, 0.25) is 5.30 Å². The Hall–Kier alpha value is -3.92. The normalized spacial score (nSPS) is 12.1. The summed E-state index contributed by atoms with van der Waals surface area (Å²) < 4.78 is 113. The third-order valence-corrected chi connectivity index (χ3v) is 6.83. The molecule has 3 aromatic carbocycles. The Kier molecular flexibility index (Phi) is 8.16. The minimum Gasteiger partial charge on any atom is -0.496 e. The van der Waals surface area contributed by atoms with Crippen LogP contribution in [0.5, 0.6) is 17.2 Å². The third kappa shape index (κ3) is 5.50. The van der Waals surface area contributed by atoms with Crippen LogP contribution < -0.4 is 19.5 Å². The number of hydrogen-bond acceptors (Lipinski definition) is 6. The summed E-state index contributed by atoms with van der Waals surface area (Å²) in [5.41, 5.74) is -7.87. The van der Waals surface area contributed by atoms with Crippen LogP contribution in [0.1, 0.15) is 37.4 Å². The van der Waals surface area contributed by atoms with Crippen molar-refractivity contribution in [3.05, 3.63) is 82.4 Å². The molecule has 1 unspecified atom stereocenters. The van der Waals surface area contributed by atoms with Gasteiger partial charge in [0.05, 0.1) is 21.3 Å². The highest BCUT2D eigenvalue weighted by molar-refractivity contribution is 7.71. The maximum absolute atomic E-state index is 14.3. The van der Waals surface area contributed by atoms with Gasteiger partial charge in [-0.2, -0.15) is 26.3 Å². The van der Waals surface area contributed by atoms with E-state index in [0.29, 0.717) is 6.07 Å². The molecule has 0 aliphatic heterocycles. The Morgan fingerprint density at radius 2 is 1.32 bits per heavy atom. The van der Waals surface area contributed by atoms with Gasteiger partial charge >= 0.3 is 25.7 Å². The second-order valence-corrected chi connectivity index (χ2v) is 9.02. The molecule has 0 fully saturated rings. The zero-order chi connectivity index (χ0) is 28.4. The van der Waals surface area contributed by atoms with Gasteiger partial charge in [-0.3, -0.25) is 4.79 Å². The molecule has 6 nitrogen and oxygen atoms in total. The molecular formula is C25H18F6O6P+. The molecule has 0 spiro atoms. The van der Waals surface area contributed by atoms with Crippen molar-refractivity contribution in [2.24, 2.45) is 0 Å². The van der Waals surface area contributed by atoms with Crippen molar-refractivity contribution in [2.45, 2.75) is 12.4 Å². The number of ether oxygens (including phenoxy) is 3. The SMILES string of the molecule is COc1cc(OC)c(C(=O)[P+](=O)c2c(C(F)(F)F)ccc(C(=O)c3ccccc3)c2C(F)(F)F)c(OC)c1. The fraction of sp³-hybridized carbons (Fsp3) is 0.200. The topological polar surface area (TPSA) is 78.9 Å². The first-order chi connectivity index (χ1) is 17.8. The van der Waals surface area contributed by atoms with Crippen molar-refractivity contribution < 1.29 is 54.7 Å². The molecule has 0 N–H and O–H groups in total. The quantitative estimate of drug-likeness (QED) is 0.184. The highest BCUT2D eigenvalue weighted by atomic mass is 31.1. The summed E-state index contributed by atoms with van der Waals surface area (Å²) in [6.07, 6.45) is -11.1. The van der Waals surface area contributed by atoms with E-state index < -0.39 is 59.0 Å². The van der Waals surface area contributed by atoms with Crippen molar-refractivity contribution >= 4 is 24.4 Å². The molecule has 0 radical (unpaired) electrons. The highest BCUT2D eigenvalue weighted by Gasteiger charge is 2.54. The highest BCUT2D eigenvalue weighted by Crippen LogP contribution is 2.46. The summed E-state index contributed by atoms with van der Waals surface area (Å²) in [6, 6.07) is 9.28. The van der Waals surface area contributed by atoms with E-state index in [0.717, 1.165) is 38.5 Å². The van der Waals surface area contributed by atoms with Crippen LogP contribution in [0.15, 0.2) is 54.6 Å². The van der Waals surface area contributed by atoms with Crippen LogP contribution in [-0.4, -0.2) is 32.6 Å². The number of methoxy groups -OCH3 is 3. The first-order valence-corrected chi connectivity index (χ1v) is 11.7. The Balaban J connectivity index is 2.37. The number of carbonyl (C=O) groups excluding carboxylic acids is 2. The molecule has 3 aromatic rings. The molecule has 200 valence electrons. The first-order valence-electron chi connectivity index (χ1n) is 10.5. The lowest BCUT2D eigenvalue weighted by atomic mass is 9.95. The van der Waals surface area contributed by atoms with Gasteiger partial charge in [0.25, 0.3) is 0 Å². The number of alkyl halides is 6. The lowest BCUT2D eigenvalue weighted by molar-refractivity contribution is -0.141. The number of carbonyl (C=O) groups is 2. The van der Waals surface area contributed by atoms with Gasteiger partial charge in [-0.15, -0.1) is 0 Å². The maximum Gasteiger partial charge on any atom is 0.460 e. The standard InChI is InChI=1S/C25H18F6O6P/c1-35-14-11-17(36-2)19(18(12-14)37-3)23(33)38(34)22-16(24(26,27)28)10-9-15(20(22)25(29,30)31)21(32)13-7-5-4-6-8-13/h4-12H,1-3H3/q+1. The van der Waals surface area contributed by atoms with Crippen LogP contribution in [0.2, 0.25) is 0 Å². The van der Waals surface area contributed by atoms with Gasteiger partial charge in [-0.25, -0.2) is 4.79 Å². The molecule has 38 heavy (non-hydrogen) atoms. The van der Waals surface area contributed by atoms with Crippen LogP contribution in [0, 0.1) is 0 Å². The summed E-state index contributed by atoms with van der Waals surface area (Å²) in [7, 11) is -0.748. The van der Waals surface area contributed by atoms with Crippen molar-refractivity contribution in [1.29, 1.82) is 0 Å². The minimum atomic E-state index is -5.60. The van der Waals surface area contributed by atoms with E-state index in [-0.39, 0.29) is 28.9 Å². The van der Waals surface area contributed by atoms with E-state index in [1.165, 1.54) is 25.3 Å². The number of halogens is 6. The minimum absolute atomic E-state index is 0.0768. The van der Waals surface area contributed by atoms with Gasteiger partial charge in [0.1, 0.15) is 28.4 Å². The largest absolute Gasteiger partial charge is 0.496 e. The molecule has 0 saturated carbocycles. The zero-order valence-electron chi connectivity index (χ0n) is 19.9. The van der Waals surface area contributed by atoms with Crippen molar-refractivity contribution in [1.82, 2.24) is 0 Å². The summed E-state index contributed by atoms with van der Waals surface area (Å²) in [5.74, 6) is -1.93. The monoisotopic (exact) mass is 559 g/mol. The van der Waals surface area contributed by atoms with Crippen molar-refractivity contribution in [3.8, 4) is 17.2 Å². The van der Waals surface area contributed by atoms with E-state index in [9.17, 15) is 40.5 Å². The van der Waals surface area contributed by atoms with Gasteiger partial charge in [0.15, 0.2) is 11.3 Å². The Bertz CT molecular complexity index is 1370. The van der Waals surface area contributed by atoms with Crippen LogP contribution in [0.25, 0.3) is 0 Å². The van der Waals surface area contributed by atoms with Crippen LogP contribution in [0.3, 0.4) is 0 Å². The summed E-state index contributed by atoms with van der Waals surface area (Å²) in [4.78, 5) is 26.3. The summed E-state index contributed by atoms with van der Waals surface area (Å²) in [6.45, 7) is 0. The van der Waals surface area contributed by atoms with E-state index in [2.05, 4.69) is 0 Å². The fourth-order valence-electron chi connectivity index (χ4n) is 3.67. The first kappa shape index (κ1) is 28.6. The van der Waals surface area contributed by atoms with E-state index in [4.69, 9.17) is 14.2 Å². The van der Waals surface area contributed by atoms with Crippen LogP contribution in [0.4, 0.5) is 26.3 Å².